The first-order chi connectivity index (χ1) is 34.6. The Morgan fingerprint density at radius 1 is 0.465 bits per heavy atom. The van der Waals surface area contributed by atoms with Gasteiger partial charge in [0, 0.05) is 19.3 Å². The maximum atomic E-state index is 13.1. The van der Waals surface area contributed by atoms with Gasteiger partial charge in [-0.1, -0.05) is 185 Å². The molecule has 12 heteroatoms. The first-order valence-corrected chi connectivity index (χ1v) is 28.6. The van der Waals surface area contributed by atoms with Gasteiger partial charge in [-0.25, -0.2) is 4.79 Å². The van der Waals surface area contributed by atoms with Crippen molar-refractivity contribution in [2.24, 2.45) is 0 Å². The second-order valence-corrected chi connectivity index (χ2v) is 19.6. The molecular weight excluding hydrogens is 901 g/mol. The van der Waals surface area contributed by atoms with E-state index in [4.69, 9.17) is 23.7 Å². The summed E-state index contributed by atoms with van der Waals surface area (Å²) in [6.45, 7) is 5.88. The number of unbranched alkanes of at least 4 members (excludes halogenated alkanes) is 26. The van der Waals surface area contributed by atoms with Crippen LogP contribution in [0.5, 0.6) is 0 Å². The van der Waals surface area contributed by atoms with Crippen LogP contribution in [-0.4, -0.2) is 89.2 Å². The molecule has 1 rings (SSSR count). The lowest BCUT2D eigenvalue weighted by molar-refractivity contribution is -0.301. The number of carbonyl (C=O) groups is 4. The number of hydrogen-bond donors (Lipinski definition) is 3. The molecule has 0 radical (unpaired) electrons. The van der Waals surface area contributed by atoms with Crippen molar-refractivity contribution >= 4 is 23.9 Å². The summed E-state index contributed by atoms with van der Waals surface area (Å²) in [5.41, 5.74) is 0. The lowest BCUT2D eigenvalue weighted by Gasteiger charge is -2.40. The van der Waals surface area contributed by atoms with E-state index in [1.807, 2.05) is 0 Å². The van der Waals surface area contributed by atoms with Crippen molar-refractivity contribution in [3.63, 3.8) is 0 Å². The Morgan fingerprint density at radius 2 is 0.873 bits per heavy atom. The Kier molecular flexibility index (Phi) is 44.1. The smallest absolute Gasteiger partial charge is 0.335 e. The van der Waals surface area contributed by atoms with Gasteiger partial charge in [-0.3, -0.25) is 14.4 Å². The summed E-state index contributed by atoms with van der Waals surface area (Å²) >= 11 is 0. The predicted octanol–water partition coefficient (Wildman–Crippen LogP) is 14.2. The number of carboxylic acid groups (broad SMARTS) is 1. The van der Waals surface area contributed by atoms with E-state index in [9.17, 15) is 34.5 Å². The number of rotatable bonds is 48. The van der Waals surface area contributed by atoms with E-state index in [1.54, 1.807) is 0 Å². The van der Waals surface area contributed by atoms with Crippen LogP contribution in [0.15, 0.2) is 48.6 Å². The largest absolute Gasteiger partial charge is 0.479 e. The number of aliphatic hydroxyl groups excluding tert-OH is 2. The summed E-state index contributed by atoms with van der Waals surface area (Å²) in [7, 11) is 0. The highest BCUT2D eigenvalue weighted by molar-refractivity contribution is 5.74. The number of hydrogen-bond acceptors (Lipinski definition) is 11. The molecule has 12 nitrogen and oxygen atoms in total. The molecule has 0 amide bonds. The van der Waals surface area contributed by atoms with Crippen molar-refractivity contribution in [1.29, 1.82) is 0 Å². The van der Waals surface area contributed by atoms with Gasteiger partial charge in [0.1, 0.15) is 18.8 Å². The maximum Gasteiger partial charge on any atom is 0.335 e. The summed E-state index contributed by atoms with van der Waals surface area (Å²) in [6.07, 6.45) is 43.7. The average molecular weight is 1000 g/mol. The molecule has 1 fully saturated rings. The summed E-state index contributed by atoms with van der Waals surface area (Å²) in [5, 5.41) is 31.4. The van der Waals surface area contributed by atoms with Crippen LogP contribution >= 0.6 is 0 Å². The van der Waals surface area contributed by atoms with Gasteiger partial charge in [0.15, 0.2) is 24.6 Å². The number of allylic oxidation sites excluding steroid dienone is 8. The van der Waals surface area contributed by atoms with E-state index in [0.29, 0.717) is 19.3 Å². The Bertz CT molecular complexity index is 1420. The average Bonchev–Trinajstić information content (AvgIpc) is 3.35. The van der Waals surface area contributed by atoms with E-state index in [0.717, 1.165) is 128 Å². The van der Waals surface area contributed by atoms with Crippen molar-refractivity contribution in [3.05, 3.63) is 48.6 Å². The third kappa shape index (κ3) is 38.0. The van der Waals surface area contributed by atoms with Crippen LogP contribution in [0.3, 0.4) is 0 Å². The highest BCUT2D eigenvalue weighted by atomic mass is 16.7. The minimum Gasteiger partial charge on any atom is -0.479 e. The third-order valence-electron chi connectivity index (χ3n) is 12.8. The molecule has 1 heterocycles. The molecule has 410 valence electrons. The zero-order chi connectivity index (χ0) is 51.8. The normalized spacial score (nSPS) is 18.8. The van der Waals surface area contributed by atoms with Crippen LogP contribution in [-0.2, 0) is 42.9 Å². The van der Waals surface area contributed by atoms with Gasteiger partial charge in [-0.15, -0.1) is 0 Å². The van der Waals surface area contributed by atoms with Gasteiger partial charge in [-0.05, 0) is 96.3 Å². The number of aliphatic carboxylic acids is 1. The highest BCUT2D eigenvalue weighted by Crippen LogP contribution is 2.26. The summed E-state index contributed by atoms with van der Waals surface area (Å²) in [5.74, 6) is -3.15. The van der Waals surface area contributed by atoms with Crippen molar-refractivity contribution in [3.8, 4) is 0 Å². The molecule has 6 unspecified atom stereocenters. The van der Waals surface area contributed by atoms with E-state index in [-0.39, 0.29) is 25.9 Å². The Balaban J connectivity index is 2.72. The molecule has 6 atom stereocenters. The molecular formula is C59H102O12. The predicted molar refractivity (Wildman–Crippen MR) is 285 cm³/mol. The molecule has 0 spiro atoms. The van der Waals surface area contributed by atoms with Crippen molar-refractivity contribution in [1.82, 2.24) is 0 Å². The van der Waals surface area contributed by atoms with Crippen LogP contribution in [0.25, 0.3) is 0 Å². The summed E-state index contributed by atoms with van der Waals surface area (Å²) in [6, 6.07) is 0. The van der Waals surface area contributed by atoms with E-state index in [2.05, 4.69) is 69.4 Å². The van der Waals surface area contributed by atoms with E-state index in [1.165, 1.54) is 64.2 Å². The zero-order valence-corrected chi connectivity index (χ0v) is 45.0. The molecule has 0 saturated carbocycles. The van der Waals surface area contributed by atoms with Gasteiger partial charge in [0.25, 0.3) is 0 Å². The minimum absolute atomic E-state index is 0.0492. The van der Waals surface area contributed by atoms with Crippen LogP contribution in [0.2, 0.25) is 0 Å². The summed E-state index contributed by atoms with van der Waals surface area (Å²) in [4.78, 5) is 51.0. The van der Waals surface area contributed by atoms with Gasteiger partial charge >= 0.3 is 23.9 Å². The number of carboxylic acids is 1. The molecule has 0 bridgehead atoms. The first-order valence-electron chi connectivity index (χ1n) is 28.6. The number of carbonyl (C=O) groups excluding carboxylic acids is 3. The number of aliphatic hydroxyl groups is 2. The van der Waals surface area contributed by atoms with Gasteiger partial charge < -0.3 is 39.0 Å². The van der Waals surface area contributed by atoms with Crippen molar-refractivity contribution in [2.45, 2.75) is 289 Å². The molecule has 3 N–H and O–H groups in total. The van der Waals surface area contributed by atoms with Crippen molar-refractivity contribution in [2.75, 3.05) is 13.2 Å². The molecule has 0 aliphatic carbocycles. The minimum atomic E-state index is -1.91. The van der Waals surface area contributed by atoms with E-state index < -0.39 is 67.3 Å². The maximum absolute atomic E-state index is 13.1. The lowest BCUT2D eigenvalue weighted by atomic mass is 9.98. The third-order valence-corrected chi connectivity index (χ3v) is 12.8. The first kappa shape index (κ1) is 65.7. The fourth-order valence-electron chi connectivity index (χ4n) is 8.39. The monoisotopic (exact) mass is 1000 g/mol. The molecule has 0 aromatic carbocycles. The molecule has 1 aliphatic rings. The zero-order valence-electron chi connectivity index (χ0n) is 45.0. The Labute approximate surface area is 431 Å². The second-order valence-electron chi connectivity index (χ2n) is 19.6. The summed E-state index contributed by atoms with van der Waals surface area (Å²) < 4.78 is 28.4. The van der Waals surface area contributed by atoms with Gasteiger partial charge in [-0.2, -0.15) is 0 Å². The van der Waals surface area contributed by atoms with E-state index >= 15 is 0 Å². The van der Waals surface area contributed by atoms with Crippen LogP contribution in [0.4, 0.5) is 0 Å². The number of esters is 3. The molecule has 1 aliphatic heterocycles. The fraction of sp³-hybridized carbons (Fsp3) is 0.797. The quantitative estimate of drug-likeness (QED) is 0.0228. The SMILES string of the molecule is CCC/C=C\C/C=C\CCCCCCCC(=O)OCC(COC1OC(C(=O)O)C(O)C(O)C1OC(=O)CCCCCCC/C=C\CCCCCCCC)OC(=O)CCCCCCC/C=C\CCCCCC. The molecule has 71 heavy (non-hydrogen) atoms. The molecule has 0 aromatic heterocycles. The molecule has 1 saturated heterocycles. The van der Waals surface area contributed by atoms with Gasteiger partial charge in [0.2, 0.25) is 0 Å². The fourth-order valence-corrected chi connectivity index (χ4v) is 8.39. The Morgan fingerprint density at radius 3 is 1.35 bits per heavy atom. The van der Waals surface area contributed by atoms with Crippen LogP contribution < -0.4 is 0 Å². The van der Waals surface area contributed by atoms with Crippen LogP contribution in [0.1, 0.15) is 252 Å². The lowest BCUT2D eigenvalue weighted by Crippen LogP contribution is -2.61. The second kappa shape index (κ2) is 47.7. The molecule has 0 aromatic rings. The standard InChI is InChI=1S/C59H102O12/c1-4-7-10-13-16-19-22-25-26-29-32-35-38-41-44-47-53(62)70-57-55(64)54(63)56(58(65)66)71-59(57)68-49-50(69-52(61)46-43-40-37-34-31-28-24-21-18-15-12-9-6-3)48-67-51(60)45-42-39-36-33-30-27-23-20-17-14-11-8-5-2/h11,14,20-21,23-26,50,54-57,59,63-64H,4-10,12-13,15-19,22,27-49H2,1-3H3,(H,65,66)/b14-11-,23-20-,24-21-,26-25-. The number of ether oxygens (including phenoxy) is 5. The highest BCUT2D eigenvalue weighted by Gasteiger charge is 2.50. The topological polar surface area (TPSA) is 175 Å². The van der Waals surface area contributed by atoms with Gasteiger partial charge in [0.05, 0.1) is 6.61 Å². The van der Waals surface area contributed by atoms with Crippen molar-refractivity contribution < 1.29 is 58.2 Å². The Hall–Kier alpha value is -3.32. The van der Waals surface area contributed by atoms with Crippen LogP contribution in [0, 0.1) is 0 Å².